The average molecular weight is 246 g/mol. The summed E-state index contributed by atoms with van der Waals surface area (Å²) in [6.07, 6.45) is 0.988. The van der Waals surface area contributed by atoms with E-state index in [-0.39, 0.29) is 0 Å². The van der Waals surface area contributed by atoms with Crippen LogP contribution in [0.5, 0.6) is 0 Å². The van der Waals surface area contributed by atoms with Gasteiger partial charge in [0, 0.05) is 13.2 Å². The number of nitrogens with one attached hydrogen (secondary N) is 2. The molecule has 100 valence electrons. The topological polar surface area (TPSA) is 87.7 Å². The molecule has 3 N–H and O–H groups in total. The van der Waals surface area contributed by atoms with Gasteiger partial charge in [0.25, 0.3) is 0 Å². The van der Waals surface area contributed by atoms with Gasteiger partial charge in [0.1, 0.15) is 6.04 Å². The number of rotatable bonds is 8. The summed E-state index contributed by atoms with van der Waals surface area (Å²) in [5.74, 6) is -0.462. The van der Waals surface area contributed by atoms with Crippen molar-refractivity contribution in [2.75, 3.05) is 19.8 Å². The average Bonchev–Trinajstić information content (AvgIpc) is 2.22. The van der Waals surface area contributed by atoms with Gasteiger partial charge in [-0.25, -0.2) is 4.79 Å². The van der Waals surface area contributed by atoms with Gasteiger partial charge in [0.2, 0.25) is 0 Å². The molecule has 0 heterocycles. The molecule has 0 aliphatic heterocycles. The predicted octanol–water partition coefficient (Wildman–Crippen LogP) is 0.821. The Balaban J connectivity index is 3.43. The highest BCUT2D eigenvalue weighted by Gasteiger charge is 2.12. The number of ether oxygens (including phenoxy) is 1. The minimum absolute atomic E-state index is 0.371. The van der Waals surface area contributed by atoms with Crippen molar-refractivity contribution in [3.8, 4) is 0 Å². The molecule has 0 aliphatic carbocycles. The zero-order chi connectivity index (χ0) is 13.3. The molecule has 1 atom stereocenters. The summed E-state index contributed by atoms with van der Waals surface area (Å²) < 4.78 is 5.29. The quantitative estimate of drug-likeness (QED) is 0.553. The molecule has 0 unspecified atom stereocenters. The third-order valence-electron chi connectivity index (χ3n) is 2.09. The minimum Gasteiger partial charge on any atom is -0.480 e. The number of carbonyl (C=O) groups excluding carboxylic acids is 1. The fourth-order valence-corrected chi connectivity index (χ4v) is 0.967. The smallest absolute Gasteiger partial charge is 0.325 e. The summed E-state index contributed by atoms with van der Waals surface area (Å²) in [5, 5.41) is 13.4. The van der Waals surface area contributed by atoms with E-state index in [2.05, 4.69) is 24.5 Å². The second kappa shape index (κ2) is 8.81. The van der Waals surface area contributed by atoms with Crippen molar-refractivity contribution in [3.05, 3.63) is 0 Å². The molecule has 0 aromatic carbocycles. The van der Waals surface area contributed by atoms with Crippen molar-refractivity contribution in [2.45, 2.75) is 33.2 Å². The van der Waals surface area contributed by atoms with Crippen molar-refractivity contribution in [1.82, 2.24) is 10.6 Å². The Labute approximate surface area is 102 Å². The number of aliphatic carboxylic acids is 1. The zero-order valence-corrected chi connectivity index (χ0v) is 10.7. The number of amides is 2. The first-order chi connectivity index (χ1) is 7.93. The predicted molar refractivity (Wildman–Crippen MR) is 63.9 cm³/mol. The number of hydrogen-bond acceptors (Lipinski definition) is 3. The molecular formula is C11H22N2O4. The SMILES string of the molecule is CC(C)CCOCCNC(=O)N[C@@H](C)C(=O)O. The molecule has 0 rings (SSSR count). The van der Waals surface area contributed by atoms with Crippen LogP contribution in [0, 0.1) is 5.92 Å². The largest absolute Gasteiger partial charge is 0.480 e. The van der Waals surface area contributed by atoms with Crippen LogP contribution in [0.4, 0.5) is 4.79 Å². The van der Waals surface area contributed by atoms with Gasteiger partial charge in [-0.05, 0) is 19.3 Å². The normalized spacial score (nSPS) is 12.2. The van der Waals surface area contributed by atoms with E-state index in [9.17, 15) is 9.59 Å². The van der Waals surface area contributed by atoms with Crippen LogP contribution in [0.2, 0.25) is 0 Å². The van der Waals surface area contributed by atoms with Crippen LogP contribution in [0.25, 0.3) is 0 Å². The van der Waals surface area contributed by atoms with Gasteiger partial charge in [-0.3, -0.25) is 4.79 Å². The van der Waals surface area contributed by atoms with Crippen LogP contribution < -0.4 is 10.6 Å². The van der Waals surface area contributed by atoms with Crippen LogP contribution in [0.3, 0.4) is 0 Å². The lowest BCUT2D eigenvalue weighted by atomic mass is 10.1. The summed E-state index contributed by atoms with van der Waals surface area (Å²) in [5.41, 5.74) is 0. The van der Waals surface area contributed by atoms with Crippen molar-refractivity contribution in [3.63, 3.8) is 0 Å². The Morgan fingerprint density at radius 2 is 1.88 bits per heavy atom. The van der Waals surface area contributed by atoms with Crippen molar-refractivity contribution >= 4 is 12.0 Å². The summed E-state index contributed by atoms with van der Waals surface area (Å²) in [7, 11) is 0. The molecule has 0 aromatic heterocycles. The van der Waals surface area contributed by atoms with E-state index in [0.717, 1.165) is 6.42 Å². The Morgan fingerprint density at radius 1 is 1.24 bits per heavy atom. The molecule has 0 aliphatic rings. The number of carboxylic acids is 1. The van der Waals surface area contributed by atoms with E-state index >= 15 is 0 Å². The van der Waals surface area contributed by atoms with Gasteiger partial charge in [-0.2, -0.15) is 0 Å². The molecule has 0 radical (unpaired) electrons. The van der Waals surface area contributed by atoms with E-state index in [1.807, 2.05) is 0 Å². The number of carbonyl (C=O) groups is 2. The van der Waals surface area contributed by atoms with Gasteiger partial charge < -0.3 is 20.5 Å². The second-order valence-electron chi connectivity index (χ2n) is 4.26. The molecular weight excluding hydrogens is 224 g/mol. The first-order valence-electron chi connectivity index (χ1n) is 5.78. The third-order valence-corrected chi connectivity index (χ3v) is 2.09. The van der Waals surface area contributed by atoms with Gasteiger partial charge in [0.05, 0.1) is 6.61 Å². The molecule has 2 amide bonds. The molecule has 0 aromatic rings. The van der Waals surface area contributed by atoms with Crippen molar-refractivity contribution in [2.24, 2.45) is 5.92 Å². The number of hydrogen-bond donors (Lipinski definition) is 3. The maximum absolute atomic E-state index is 11.2. The Kier molecular flexibility index (Phi) is 8.13. The van der Waals surface area contributed by atoms with Crippen LogP contribution in [-0.2, 0) is 9.53 Å². The lowest BCUT2D eigenvalue weighted by Crippen LogP contribution is -2.45. The first kappa shape index (κ1) is 15.7. The minimum atomic E-state index is -1.06. The standard InChI is InChI=1S/C11H22N2O4/c1-8(2)4-6-17-7-5-12-11(16)13-9(3)10(14)15/h8-9H,4-7H2,1-3H3,(H,14,15)(H2,12,13,16)/t9-/m0/s1. The van der Waals surface area contributed by atoms with Crippen LogP contribution in [0.15, 0.2) is 0 Å². The van der Waals surface area contributed by atoms with E-state index in [1.165, 1.54) is 6.92 Å². The molecule has 6 nitrogen and oxygen atoms in total. The van der Waals surface area contributed by atoms with Gasteiger partial charge in [-0.1, -0.05) is 13.8 Å². The van der Waals surface area contributed by atoms with Crippen LogP contribution in [-0.4, -0.2) is 42.9 Å². The van der Waals surface area contributed by atoms with E-state index in [1.54, 1.807) is 0 Å². The highest BCUT2D eigenvalue weighted by molar-refractivity contribution is 5.82. The molecule has 0 spiro atoms. The number of urea groups is 1. The third kappa shape index (κ3) is 9.62. The fraction of sp³-hybridized carbons (Fsp3) is 0.818. The summed E-state index contributed by atoms with van der Waals surface area (Å²) in [6, 6.07) is -1.38. The lowest BCUT2D eigenvalue weighted by molar-refractivity contribution is -0.138. The maximum atomic E-state index is 11.2. The second-order valence-corrected chi connectivity index (χ2v) is 4.26. The van der Waals surface area contributed by atoms with Crippen molar-refractivity contribution < 1.29 is 19.4 Å². The van der Waals surface area contributed by atoms with Gasteiger partial charge in [0.15, 0.2) is 0 Å². The van der Waals surface area contributed by atoms with Crippen molar-refractivity contribution in [1.29, 1.82) is 0 Å². The molecule has 17 heavy (non-hydrogen) atoms. The number of carboxylic acid groups (broad SMARTS) is 1. The van der Waals surface area contributed by atoms with Crippen LogP contribution in [0.1, 0.15) is 27.2 Å². The molecule has 0 saturated carbocycles. The maximum Gasteiger partial charge on any atom is 0.325 e. The first-order valence-corrected chi connectivity index (χ1v) is 5.78. The van der Waals surface area contributed by atoms with Gasteiger partial charge in [-0.15, -0.1) is 0 Å². The molecule has 0 bridgehead atoms. The highest BCUT2D eigenvalue weighted by Crippen LogP contribution is 1.98. The summed E-state index contributed by atoms with van der Waals surface area (Å²) in [4.78, 5) is 21.6. The fourth-order valence-electron chi connectivity index (χ4n) is 0.967. The molecule has 0 saturated heterocycles. The monoisotopic (exact) mass is 246 g/mol. The summed E-state index contributed by atoms with van der Waals surface area (Å²) in [6.45, 7) is 7.11. The van der Waals surface area contributed by atoms with E-state index < -0.39 is 18.0 Å². The summed E-state index contributed by atoms with van der Waals surface area (Å²) >= 11 is 0. The Bertz CT molecular complexity index is 244. The van der Waals surface area contributed by atoms with Crippen LogP contribution >= 0.6 is 0 Å². The zero-order valence-electron chi connectivity index (χ0n) is 10.7. The lowest BCUT2D eigenvalue weighted by Gasteiger charge is -2.11. The van der Waals surface area contributed by atoms with E-state index in [4.69, 9.17) is 9.84 Å². The van der Waals surface area contributed by atoms with E-state index in [0.29, 0.717) is 25.7 Å². The molecule has 6 heteroatoms. The molecule has 0 fully saturated rings. The Hall–Kier alpha value is -1.30. The Morgan fingerprint density at radius 3 is 2.41 bits per heavy atom. The van der Waals surface area contributed by atoms with Gasteiger partial charge >= 0.3 is 12.0 Å². The highest BCUT2D eigenvalue weighted by atomic mass is 16.5.